The molecule has 12 nitrogen and oxygen atoms in total. The highest BCUT2D eigenvalue weighted by Crippen LogP contribution is 2.36. The lowest BCUT2D eigenvalue weighted by atomic mass is 10.1. The van der Waals surface area contributed by atoms with Gasteiger partial charge < -0.3 is 20.5 Å². The summed E-state index contributed by atoms with van der Waals surface area (Å²) in [6.07, 6.45) is 2.17. The fourth-order valence-electron chi connectivity index (χ4n) is 4.25. The zero-order valence-electron chi connectivity index (χ0n) is 20.2. The van der Waals surface area contributed by atoms with Gasteiger partial charge in [-0.1, -0.05) is 13.8 Å². The summed E-state index contributed by atoms with van der Waals surface area (Å²) >= 11 is 0. The van der Waals surface area contributed by atoms with Gasteiger partial charge in [-0.3, -0.25) is 14.2 Å². The Labute approximate surface area is 210 Å². The van der Waals surface area contributed by atoms with Crippen LogP contribution in [-0.4, -0.2) is 50.0 Å². The molecule has 37 heavy (non-hydrogen) atoms. The van der Waals surface area contributed by atoms with Crippen molar-refractivity contribution >= 4 is 49.6 Å². The number of imidazole rings is 1. The predicted molar refractivity (Wildman–Crippen MR) is 137 cm³/mol. The van der Waals surface area contributed by atoms with Crippen LogP contribution in [0, 0.1) is 5.92 Å². The highest BCUT2D eigenvalue weighted by Gasteiger charge is 2.33. The number of benzene rings is 1. The topological polar surface area (TPSA) is 180 Å². The van der Waals surface area contributed by atoms with Crippen molar-refractivity contribution < 1.29 is 23.4 Å². The second-order valence-corrected chi connectivity index (χ2v) is 10.8. The number of anilines is 1. The molecule has 0 amide bonds. The van der Waals surface area contributed by atoms with E-state index in [0.717, 1.165) is 0 Å². The predicted octanol–water partition coefficient (Wildman–Crippen LogP) is 2.77. The fourth-order valence-corrected chi connectivity index (χ4v) is 5.51. The number of carbonyl (C=O) groups is 1. The summed E-state index contributed by atoms with van der Waals surface area (Å²) in [6, 6.07) is 6.22. The minimum atomic E-state index is -4.40. The van der Waals surface area contributed by atoms with E-state index in [2.05, 4.69) is 24.7 Å². The summed E-state index contributed by atoms with van der Waals surface area (Å²) in [7, 11) is -4.40. The minimum absolute atomic E-state index is 0.0252. The Morgan fingerprint density at radius 2 is 1.95 bits per heavy atom. The number of rotatable bonds is 6. The van der Waals surface area contributed by atoms with Crippen molar-refractivity contribution in [2.75, 3.05) is 5.32 Å². The molecule has 3 aromatic heterocycles. The van der Waals surface area contributed by atoms with Gasteiger partial charge in [0.1, 0.15) is 39.1 Å². The van der Waals surface area contributed by atoms with Crippen LogP contribution < -0.4 is 10.9 Å². The molecule has 13 heteroatoms. The van der Waals surface area contributed by atoms with Crippen LogP contribution >= 0.6 is 0 Å². The normalized spacial score (nSPS) is 15.4. The average molecular weight is 525 g/mol. The molecular formula is C24H24N6O6S. The van der Waals surface area contributed by atoms with Crippen molar-refractivity contribution in [1.29, 1.82) is 0 Å². The number of aryl methyl sites for hydroxylation is 1. The van der Waals surface area contributed by atoms with Crippen LogP contribution in [0.1, 0.15) is 44.5 Å². The lowest BCUT2D eigenvalue weighted by Gasteiger charge is -2.20. The molecule has 1 unspecified atom stereocenters. The number of fused-ring (bicyclic) bond motifs is 4. The Bertz CT molecular complexity index is 1790. The molecule has 4 heterocycles. The van der Waals surface area contributed by atoms with Crippen LogP contribution in [0.3, 0.4) is 0 Å². The summed E-state index contributed by atoms with van der Waals surface area (Å²) in [4.78, 5) is 36.0. The maximum Gasteiger partial charge on any atom is 0.313 e. The number of hydrogen-bond acceptors (Lipinski definition) is 8. The van der Waals surface area contributed by atoms with Crippen molar-refractivity contribution in [3.63, 3.8) is 0 Å². The highest BCUT2D eigenvalue weighted by atomic mass is 32.2. The summed E-state index contributed by atoms with van der Waals surface area (Å²) in [5, 5.41) is 23.5. The number of carboxylic acids is 1. The first-order valence-corrected chi connectivity index (χ1v) is 13.0. The zero-order valence-corrected chi connectivity index (χ0v) is 21.0. The Kier molecular flexibility index (Phi) is 5.74. The van der Waals surface area contributed by atoms with Crippen molar-refractivity contribution in [2.24, 2.45) is 10.3 Å². The van der Waals surface area contributed by atoms with Crippen LogP contribution in [-0.2, 0) is 21.4 Å². The SMILES string of the molecule is CC(C)CCn1c(=O)c(C2=NS(=O)(=O)c3c(ccc4[nH]c(C(C)C(=O)O)nc34)N2)c(O)c2cccnc21. The van der Waals surface area contributed by atoms with E-state index in [9.17, 15) is 28.2 Å². The monoisotopic (exact) mass is 524 g/mol. The third-order valence-corrected chi connectivity index (χ3v) is 7.64. The maximum atomic E-state index is 13.6. The second kappa shape index (κ2) is 8.69. The molecule has 0 bridgehead atoms. The summed E-state index contributed by atoms with van der Waals surface area (Å²) < 4.78 is 32.0. The maximum absolute atomic E-state index is 13.6. The van der Waals surface area contributed by atoms with Gasteiger partial charge in [0.05, 0.1) is 16.6 Å². The molecule has 0 saturated heterocycles. The van der Waals surface area contributed by atoms with Gasteiger partial charge in [-0.2, -0.15) is 8.42 Å². The molecule has 0 saturated carbocycles. The van der Waals surface area contributed by atoms with Crippen molar-refractivity contribution in [2.45, 2.75) is 44.6 Å². The number of sulfonamides is 1. The van der Waals surface area contributed by atoms with E-state index in [1.54, 1.807) is 18.2 Å². The van der Waals surface area contributed by atoms with Gasteiger partial charge in [-0.25, -0.2) is 9.97 Å². The number of aromatic amines is 1. The molecule has 0 radical (unpaired) electrons. The van der Waals surface area contributed by atoms with E-state index in [4.69, 9.17) is 0 Å². The molecular weight excluding hydrogens is 500 g/mol. The molecule has 4 aromatic rings. The van der Waals surface area contributed by atoms with Crippen LogP contribution in [0.5, 0.6) is 5.75 Å². The number of pyridine rings is 2. The summed E-state index contributed by atoms with van der Waals surface area (Å²) in [5.74, 6) is -2.50. The van der Waals surface area contributed by atoms with E-state index >= 15 is 0 Å². The Morgan fingerprint density at radius 1 is 1.19 bits per heavy atom. The van der Waals surface area contributed by atoms with E-state index in [1.807, 2.05) is 13.8 Å². The lowest BCUT2D eigenvalue weighted by molar-refractivity contribution is -0.138. The molecule has 1 aromatic carbocycles. The fraction of sp³-hybridized carbons (Fsp3) is 0.292. The first-order chi connectivity index (χ1) is 17.5. The van der Waals surface area contributed by atoms with E-state index in [-0.39, 0.29) is 50.3 Å². The molecule has 0 aliphatic carbocycles. The average Bonchev–Trinajstić information content (AvgIpc) is 3.26. The number of amidine groups is 1. The number of aromatic hydroxyl groups is 1. The Hall–Kier alpha value is -4.26. The van der Waals surface area contributed by atoms with Crippen LogP contribution in [0.15, 0.2) is 44.6 Å². The third kappa shape index (κ3) is 4.00. The van der Waals surface area contributed by atoms with Crippen LogP contribution in [0.4, 0.5) is 5.69 Å². The smallest absolute Gasteiger partial charge is 0.313 e. The zero-order chi connectivity index (χ0) is 26.6. The second-order valence-electron chi connectivity index (χ2n) is 9.30. The number of aromatic nitrogens is 4. The number of H-pyrrole nitrogens is 1. The van der Waals surface area contributed by atoms with Crippen molar-refractivity contribution in [3.05, 3.63) is 52.2 Å². The molecule has 1 aliphatic rings. The summed E-state index contributed by atoms with van der Waals surface area (Å²) in [5.41, 5.74) is -0.197. The van der Waals surface area contributed by atoms with Gasteiger partial charge in [0.25, 0.3) is 15.6 Å². The quantitative estimate of drug-likeness (QED) is 0.295. The van der Waals surface area contributed by atoms with Gasteiger partial charge in [0.15, 0.2) is 5.84 Å². The van der Waals surface area contributed by atoms with Crippen LogP contribution in [0.25, 0.3) is 22.1 Å². The van der Waals surface area contributed by atoms with Crippen molar-refractivity contribution in [3.8, 4) is 5.75 Å². The molecule has 4 N–H and O–H groups in total. The van der Waals surface area contributed by atoms with E-state index < -0.39 is 33.2 Å². The number of nitrogens with one attached hydrogen (secondary N) is 2. The molecule has 5 rings (SSSR count). The standard InChI is InChI=1S/C24H24N6O6S/c1-11(2)8-10-30-22-13(5-4-9-25-22)18(31)16(23(30)32)21-27-15-7-6-14-17(19(15)37(35,36)29-21)28-20(26-14)12(3)24(33)34/h4-7,9,11-12,31H,8,10H2,1-3H3,(H,26,28)(H,27,29)(H,33,34). The molecule has 192 valence electrons. The number of aliphatic carboxylic acids is 1. The van der Waals surface area contributed by atoms with E-state index in [1.165, 1.54) is 23.8 Å². The van der Waals surface area contributed by atoms with Crippen molar-refractivity contribution in [1.82, 2.24) is 19.5 Å². The van der Waals surface area contributed by atoms with Gasteiger partial charge in [0, 0.05) is 12.7 Å². The third-order valence-electron chi connectivity index (χ3n) is 6.29. The first-order valence-electron chi connectivity index (χ1n) is 11.6. The molecule has 0 spiro atoms. The largest absolute Gasteiger partial charge is 0.506 e. The first kappa shape index (κ1) is 24.4. The van der Waals surface area contributed by atoms with Gasteiger partial charge >= 0.3 is 5.97 Å². The van der Waals surface area contributed by atoms with Gasteiger partial charge in [-0.15, -0.1) is 4.40 Å². The molecule has 0 fully saturated rings. The number of hydrogen-bond donors (Lipinski definition) is 4. The van der Waals surface area contributed by atoms with Gasteiger partial charge in [-0.05, 0) is 43.5 Å². The lowest BCUT2D eigenvalue weighted by Crippen LogP contribution is -2.33. The van der Waals surface area contributed by atoms with E-state index in [0.29, 0.717) is 18.5 Å². The number of nitrogens with zero attached hydrogens (tertiary/aromatic N) is 4. The molecule has 1 atom stereocenters. The number of carboxylic acid groups (broad SMARTS) is 1. The highest BCUT2D eigenvalue weighted by molar-refractivity contribution is 7.90. The van der Waals surface area contributed by atoms with Gasteiger partial charge in [0.2, 0.25) is 0 Å². The Morgan fingerprint density at radius 3 is 2.65 bits per heavy atom. The summed E-state index contributed by atoms with van der Waals surface area (Å²) in [6.45, 7) is 5.76. The Balaban J connectivity index is 1.70. The molecule has 1 aliphatic heterocycles. The van der Waals surface area contributed by atoms with Crippen LogP contribution in [0.2, 0.25) is 0 Å². The minimum Gasteiger partial charge on any atom is -0.506 e.